The van der Waals surface area contributed by atoms with Crippen LogP contribution in [0.25, 0.3) is 11.0 Å². The third kappa shape index (κ3) is 3.08. The van der Waals surface area contributed by atoms with E-state index in [2.05, 4.69) is 37.4 Å². The molecule has 0 spiro atoms. The second-order valence-corrected chi connectivity index (χ2v) is 5.69. The Hall–Kier alpha value is -1.86. The molecule has 0 aliphatic rings. The van der Waals surface area contributed by atoms with Crippen molar-refractivity contribution in [3.8, 4) is 0 Å². The summed E-state index contributed by atoms with van der Waals surface area (Å²) in [5.41, 5.74) is 0.693. The topological polar surface area (TPSA) is 79.4 Å². The predicted octanol–water partition coefficient (Wildman–Crippen LogP) is 3.37. The van der Waals surface area contributed by atoms with Gasteiger partial charge in [0.2, 0.25) is 5.95 Å². The maximum absolute atomic E-state index is 6.16. The molecule has 0 aliphatic heterocycles. The van der Waals surface area contributed by atoms with Gasteiger partial charge in [0, 0.05) is 12.7 Å². The molecule has 108 valence electrons. The van der Waals surface area contributed by atoms with Crippen molar-refractivity contribution in [2.75, 3.05) is 11.9 Å². The molecule has 0 atom stereocenters. The maximum Gasteiger partial charge on any atom is 0.225 e. The van der Waals surface area contributed by atoms with Gasteiger partial charge in [0.25, 0.3) is 0 Å². The van der Waals surface area contributed by atoms with Crippen molar-refractivity contribution in [2.24, 2.45) is 0 Å². The largest absolute Gasteiger partial charge is 0.354 e. The first kappa shape index (κ1) is 14.1. The van der Waals surface area contributed by atoms with Crippen LogP contribution in [0.4, 0.5) is 5.95 Å². The Kier molecular flexibility index (Phi) is 4.21. The molecule has 0 saturated carbocycles. The van der Waals surface area contributed by atoms with Crippen LogP contribution in [0.2, 0.25) is 5.02 Å². The van der Waals surface area contributed by atoms with Crippen LogP contribution < -0.4 is 5.32 Å². The maximum atomic E-state index is 6.16. The normalized spacial score (nSPS) is 11.0. The van der Waals surface area contributed by atoms with Crippen LogP contribution in [0, 0.1) is 0 Å². The van der Waals surface area contributed by atoms with E-state index in [1.165, 1.54) is 11.8 Å². The van der Waals surface area contributed by atoms with E-state index >= 15 is 0 Å². The standard InChI is InChI=1S/C13H13ClN6S/c1-2-5-16-13-18-10-8(7-17-20-10)11(19-13)21-12-9(14)4-3-6-15-12/h3-4,6-7H,2,5H2,1H3,(H2,16,17,18,19,20). The zero-order valence-corrected chi connectivity index (χ0v) is 12.9. The summed E-state index contributed by atoms with van der Waals surface area (Å²) in [5, 5.41) is 13.0. The first-order valence-electron chi connectivity index (χ1n) is 6.51. The minimum atomic E-state index is 0.572. The molecule has 0 radical (unpaired) electrons. The lowest BCUT2D eigenvalue weighted by atomic mass is 10.4. The third-order valence-corrected chi connectivity index (χ3v) is 4.17. The molecule has 3 aromatic heterocycles. The van der Waals surface area contributed by atoms with E-state index in [9.17, 15) is 0 Å². The van der Waals surface area contributed by atoms with E-state index in [1.54, 1.807) is 24.5 Å². The number of halogens is 1. The molecule has 8 heteroatoms. The zero-order chi connectivity index (χ0) is 14.7. The van der Waals surface area contributed by atoms with E-state index < -0.39 is 0 Å². The molecular formula is C13H13ClN6S. The van der Waals surface area contributed by atoms with Crippen molar-refractivity contribution in [1.29, 1.82) is 0 Å². The number of H-pyrrole nitrogens is 1. The molecule has 6 nitrogen and oxygen atoms in total. The Morgan fingerprint density at radius 1 is 1.33 bits per heavy atom. The average molecular weight is 321 g/mol. The minimum absolute atomic E-state index is 0.572. The summed E-state index contributed by atoms with van der Waals surface area (Å²) in [6.45, 7) is 2.90. The number of pyridine rings is 1. The SMILES string of the molecule is CCCNc1nc(Sc2ncccc2Cl)c2cn[nH]c2n1. The van der Waals surface area contributed by atoms with Gasteiger partial charge >= 0.3 is 0 Å². The van der Waals surface area contributed by atoms with Crippen molar-refractivity contribution in [3.05, 3.63) is 29.5 Å². The molecule has 0 aromatic carbocycles. The van der Waals surface area contributed by atoms with E-state index in [0.717, 1.165) is 23.4 Å². The molecule has 2 N–H and O–H groups in total. The van der Waals surface area contributed by atoms with Crippen LogP contribution in [0.15, 0.2) is 34.6 Å². The summed E-state index contributed by atoms with van der Waals surface area (Å²) in [7, 11) is 0. The smallest absolute Gasteiger partial charge is 0.225 e. The van der Waals surface area contributed by atoms with Crippen molar-refractivity contribution in [2.45, 2.75) is 23.4 Å². The Bertz CT molecular complexity index is 759. The monoisotopic (exact) mass is 320 g/mol. The van der Waals surface area contributed by atoms with Crippen LogP contribution in [0.3, 0.4) is 0 Å². The number of rotatable bonds is 5. The second kappa shape index (κ2) is 6.28. The number of nitrogens with zero attached hydrogens (tertiary/aromatic N) is 4. The zero-order valence-electron chi connectivity index (χ0n) is 11.3. The molecule has 0 fully saturated rings. The van der Waals surface area contributed by atoms with Crippen LogP contribution >= 0.6 is 23.4 Å². The fraction of sp³-hybridized carbons (Fsp3) is 0.231. The van der Waals surface area contributed by atoms with E-state index in [1.807, 2.05) is 0 Å². The van der Waals surface area contributed by atoms with Gasteiger partial charge in [0.1, 0.15) is 10.1 Å². The lowest BCUT2D eigenvalue weighted by Gasteiger charge is -2.07. The number of aromatic nitrogens is 5. The third-order valence-electron chi connectivity index (χ3n) is 2.73. The van der Waals surface area contributed by atoms with Gasteiger partial charge in [0.05, 0.1) is 16.6 Å². The molecule has 0 amide bonds. The molecule has 0 aliphatic carbocycles. The van der Waals surface area contributed by atoms with Gasteiger partial charge in [-0.25, -0.2) is 9.97 Å². The number of fused-ring (bicyclic) bond motifs is 1. The number of nitrogens with one attached hydrogen (secondary N) is 2. The minimum Gasteiger partial charge on any atom is -0.354 e. The lowest BCUT2D eigenvalue weighted by molar-refractivity contribution is 0.943. The summed E-state index contributed by atoms with van der Waals surface area (Å²) in [6.07, 6.45) is 4.41. The van der Waals surface area contributed by atoms with Gasteiger partial charge in [-0.2, -0.15) is 10.1 Å². The summed E-state index contributed by atoms with van der Waals surface area (Å²) < 4.78 is 0. The van der Waals surface area contributed by atoms with Crippen LogP contribution in [-0.2, 0) is 0 Å². The first-order valence-corrected chi connectivity index (χ1v) is 7.70. The Morgan fingerprint density at radius 3 is 3.05 bits per heavy atom. The molecule has 0 bridgehead atoms. The van der Waals surface area contributed by atoms with Gasteiger partial charge in [-0.3, -0.25) is 5.10 Å². The number of hydrogen-bond donors (Lipinski definition) is 2. The highest BCUT2D eigenvalue weighted by atomic mass is 35.5. The van der Waals surface area contributed by atoms with Crippen molar-refractivity contribution in [1.82, 2.24) is 25.1 Å². The molecule has 3 heterocycles. The molecule has 0 unspecified atom stereocenters. The van der Waals surface area contributed by atoms with Gasteiger partial charge < -0.3 is 5.32 Å². The highest BCUT2D eigenvalue weighted by molar-refractivity contribution is 7.99. The van der Waals surface area contributed by atoms with Crippen molar-refractivity contribution < 1.29 is 0 Å². The van der Waals surface area contributed by atoms with Crippen molar-refractivity contribution >= 4 is 40.3 Å². The van der Waals surface area contributed by atoms with Gasteiger partial charge in [-0.05, 0) is 30.3 Å². The van der Waals surface area contributed by atoms with E-state index in [0.29, 0.717) is 21.6 Å². The highest BCUT2D eigenvalue weighted by Gasteiger charge is 2.13. The van der Waals surface area contributed by atoms with Gasteiger partial charge in [-0.15, -0.1) is 0 Å². The van der Waals surface area contributed by atoms with Gasteiger partial charge in [-0.1, -0.05) is 18.5 Å². The van der Waals surface area contributed by atoms with Crippen LogP contribution in [-0.4, -0.2) is 31.7 Å². The molecule has 3 aromatic rings. The molecule has 3 rings (SSSR count). The summed E-state index contributed by atoms with van der Waals surface area (Å²) in [6, 6.07) is 3.61. The number of anilines is 1. The Labute approximate surface area is 130 Å². The summed E-state index contributed by atoms with van der Waals surface area (Å²) in [4.78, 5) is 13.2. The van der Waals surface area contributed by atoms with Gasteiger partial charge in [0.15, 0.2) is 5.65 Å². The number of aromatic amines is 1. The highest BCUT2D eigenvalue weighted by Crippen LogP contribution is 2.34. The Morgan fingerprint density at radius 2 is 2.24 bits per heavy atom. The summed E-state index contributed by atoms with van der Waals surface area (Å²) >= 11 is 7.56. The fourth-order valence-electron chi connectivity index (χ4n) is 1.74. The molecule has 0 saturated heterocycles. The van der Waals surface area contributed by atoms with Crippen molar-refractivity contribution in [3.63, 3.8) is 0 Å². The average Bonchev–Trinajstić information content (AvgIpc) is 2.96. The van der Waals surface area contributed by atoms with Crippen LogP contribution in [0.1, 0.15) is 13.3 Å². The fourth-order valence-corrected chi connectivity index (χ4v) is 2.83. The van der Waals surface area contributed by atoms with E-state index in [4.69, 9.17) is 11.6 Å². The quantitative estimate of drug-likeness (QED) is 0.702. The summed E-state index contributed by atoms with van der Waals surface area (Å²) in [5.74, 6) is 0.572. The second-order valence-electron chi connectivity index (χ2n) is 4.30. The van der Waals surface area contributed by atoms with E-state index in [-0.39, 0.29) is 0 Å². The number of hydrogen-bond acceptors (Lipinski definition) is 6. The molecule has 21 heavy (non-hydrogen) atoms. The first-order chi connectivity index (χ1) is 10.3. The van der Waals surface area contributed by atoms with Crippen LogP contribution in [0.5, 0.6) is 0 Å². The molecular weight excluding hydrogens is 308 g/mol. The lowest BCUT2D eigenvalue weighted by Crippen LogP contribution is -2.05. The Balaban J connectivity index is 2.00. The predicted molar refractivity (Wildman–Crippen MR) is 83.8 cm³/mol.